The molecular formula is C39H65N. The molecule has 0 atom stereocenters. The van der Waals surface area contributed by atoms with Crippen LogP contribution in [0.5, 0.6) is 0 Å². The summed E-state index contributed by atoms with van der Waals surface area (Å²) >= 11 is 0. The fraction of sp³-hybridized carbons (Fsp3) is 0.692. The van der Waals surface area contributed by atoms with Gasteiger partial charge in [-0.1, -0.05) is 167 Å². The number of aryl methyl sites for hydroxylation is 3. The lowest BCUT2D eigenvalue weighted by Gasteiger charge is -2.17. The molecule has 2 aromatic rings. The summed E-state index contributed by atoms with van der Waals surface area (Å²) in [4.78, 5) is 0. The zero-order valence-electron chi connectivity index (χ0n) is 27.0. The van der Waals surface area contributed by atoms with Crippen LogP contribution in [-0.4, -0.2) is 0 Å². The minimum atomic E-state index is 1.18. The number of nitrogens with one attached hydrogen (secondary N) is 1. The van der Waals surface area contributed by atoms with Crippen molar-refractivity contribution < 1.29 is 0 Å². The first-order valence-electron chi connectivity index (χ1n) is 17.7. The van der Waals surface area contributed by atoms with Crippen LogP contribution in [0.25, 0.3) is 0 Å². The van der Waals surface area contributed by atoms with Gasteiger partial charge in [-0.15, -0.1) is 0 Å². The highest BCUT2D eigenvalue weighted by molar-refractivity contribution is 5.67. The van der Waals surface area contributed by atoms with E-state index < -0.39 is 0 Å². The van der Waals surface area contributed by atoms with Crippen molar-refractivity contribution in [3.8, 4) is 0 Å². The molecule has 0 saturated heterocycles. The Morgan fingerprint density at radius 1 is 0.400 bits per heavy atom. The maximum atomic E-state index is 3.94. The molecule has 0 amide bonds. The highest BCUT2D eigenvalue weighted by Gasteiger charge is 2.09. The van der Waals surface area contributed by atoms with Crippen molar-refractivity contribution in [1.29, 1.82) is 0 Å². The highest BCUT2D eigenvalue weighted by Crippen LogP contribution is 2.28. The Kier molecular flexibility index (Phi) is 20.6. The van der Waals surface area contributed by atoms with Crippen LogP contribution in [0.1, 0.15) is 172 Å². The van der Waals surface area contributed by atoms with Gasteiger partial charge in [-0.2, -0.15) is 0 Å². The van der Waals surface area contributed by atoms with Crippen LogP contribution in [0.4, 0.5) is 11.4 Å². The standard InChI is InChI=1S/C39H65N/c1-4-7-10-13-16-19-22-27-35-32-33-37(29-24-21-18-15-12-9-6-3)39(34-35)40-38-31-26-25-30-36(38)28-23-20-17-14-11-8-5-2/h25-26,30-34,40H,4-24,27-29H2,1-3H3. The molecule has 0 unspecified atom stereocenters. The lowest BCUT2D eigenvalue weighted by molar-refractivity contribution is 0.588. The highest BCUT2D eigenvalue weighted by atomic mass is 14.9. The maximum absolute atomic E-state index is 3.94. The Hall–Kier alpha value is -1.76. The Morgan fingerprint density at radius 2 is 0.825 bits per heavy atom. The number of hydrogen-bond donors (Lipinski definition) is 1. The van der Waals surface area contributed by atoms with Crippen molar-refractivity contribution in [2.24, 2.45) is 0 Å². The van der Waals surface area contributed by atoms with Crippen LogP contribution in [0.3, 0.4) is 0 Å². The second-order valence-electron chi connectivity index (χ2n) is 12.4. The van der Waals surface area contributed by atoms with Gasteiger partial charge in [-0.25, -0.2) is 0 Å². The molecule has 226 valence electrons. The minimum absolute atomic E-state index is 1.18. The maximum Gasteiger partial charge on any atom is 0.0419 e. The van der Waals surface area contributed by atoms with Gasteiger partial charge >= 0.3 is 0 Å². The summed E-state index contributed by atoms with van der Waals surface area (Å²) < 4.78 is 0. The lowest BCUT2D eigenvalue weighted by atomic mass is 9.98. The van der Waals surface area contributed by atoms with Crippen molar-refractivity contribution in [3.63, 3.8) is 0 Å². The Balaban J connectivity index is 1.97. The molecule has 2 aromatic carbocycles. The van der Waals surface area contributed by atoms with Gasteiger partial charge < -0.3 is 5.32 Å². The van der Waals surface area contributed by atoms with Crippen LogP contribution >= 0.6 is 0 Å². The number of anilines is 2. The van der Waals surface area contributed by atoms with E-state index in [1.165, 1.54) is 182 Å². The van der Waals surface area contributed by atoms with Crippen LogP contribution in [0.15, 0.2) is 42.5 Å². The summed E-state index contributed by atoms with van der Waals surface area (Å²) in [6.45, 7) is 6.91. The summed E-state index contributed by atoms with van der Waals surface area (Å²) in [6, 6.07) is 16.4. The van der Waals surface area contributed by atoms with Crippen molar-refractivity contribution in [1.82, 2.24) is 0 Å². The number of hydrogen-bond acceptors (Lipinski definition) is 1. The van der Waals surface area contributed by atoms with Crippen LogP contribution < -0.4 is 5.32 Å². The average molecular weight is 548 g/mol. The molecular weight excluding hydrogens is 482 g/mol. The Bertz CT molecular complexity index is 854. The Morgan fingerprint density at radius 3 is 1.35 bits per heavy atom. The molecule has 1 heteroatoms. The van der Waals surface area contributed by atoms with Gasteiger partial charge in [0.05, 0.1) is 0 Å². The molecule has 0 aliphatic heterocycles. The largest absolute Gasteiger partial charge is 0.355 e. The molecule has 40 heavy (non-hydrogen) atoms. The second kappa shape index (κ2) is 23.9. The first-order chi connectivity index (χ1) is 19.8. The van der Waals surface area contributed by atoms with E-state index in [2.05, 4.69) is 68.6 Å². The fourth-order valence-corrected chi connectivity index (χ4v) is 5.95. The zero-order chi connectivity index (χ0) is 28.5. The molecule has 0 aliphatic carbocycles. The zero-order valence-corrected chi connectivity index (χ0v) is 27.0. The molecule has 0 radical (unpaired) electrons. The third kappa shape index (κ3) is 15.9. The third-order valence-electron chi connectivity index (χ3n) is 8.63. The SMILES string of the molecule is CCCCCCCCCc1ccc(CCCCCCCCC)c(Nc2ccccc2CCCCCCCCC)c1. The van der Waals surface area contributed by atoms with Gasteiger partial charge in [0.15, 0.2) is 0 Å². The van der Waals surface area contributed by atoms with Crippen LogP contribution in [0, 0.1) is 0 Å². The molecule has 1 N–H and O–H groups in total. The van der Waals surface area contributed by atoms with Gasteiger partial charge in [-0.05, 0) is 67.3 Å². The van der Waals surface area contributed by atoms with E-state index in [0.717, 1.165) is 0 Å². The van der Waals surface area contributed by atoms with Crippen LogP contribution in [-0.2, 0) is 19.3 Å². The topological polar surface area (TPSA) is 12.0 Å². The fourth-order valence-electron chi connectivity index (χ4n) is 5.95. The first-order valence-corrected chi connectivity index (χ1v) is 17.7. The number of rotatable bonds is 26. The summed E-state index contributed by atoms with van der Waals surface area (Å²) in [5.41, 5.74) is 7.17. The Labute approximate surface area is 250 Å². The summed E-state index contributed by atoms with van der Waals surface area (Å²) in [6.07, 6.45) is 32.4. The molecule has 1 nitrogen and oxygen atoms in total. The van der Waals surface area contributed by atoms with E-state index in [9.17, 15) is 0 Å². The summed E-state index contributed by atoms with van der Waals surface area (Å²) in [5.74, 6) is 0. The first kappa shape index (κ1) is 34.4. The minimum Gasteiger partial charge on any atom is -0.355 e. The molecule has 0 spiro atoms. The van der Waals surface area contributed by atoms with Crippen molar-refractivity contribution >= 4 is 11.4 Å². The molecule has 0 saturated carbocycles. The summed E-state index contributed by atoms with van der Waals surface area (Å²) in [7, 11) is 0. The van der Waals surface area contributed by atoms with Gasteiger partial charge in [0.25, 0.3) is 0 Å². The quantitative estimate of drug-likeness (QED) is 0.115. The van der Waals surface area contributed by atoms with Gasteiger partial charge in [-0.3, -0.25) is 0 Å². The van der Waals surface area contributed by atoms with Gasteiger partial charge in [0.1, 0.15) is 0 Å². The predicted molar refractivity (Wildman–Crippen MR) is 181 cm³/mol. The van der Waals surface area contributed by atoms with Crippen molar-refractivity contribution in [3.05, 3.63) is 59.2 Å². The van der Waals surface area contributed by atoms with E-state index in [-0.39, 0.29) is 0 Å². The summed E-state index contributed by atoms with van der Waals surface area (Å²) in [5, 5.41) is 3.94. The van der Waals surface area contributed by atoms with Crippen LogP contribution in [0.2, 0.25) is 0 Å². The molecule has 0 heterocycles. The smallest absolute Gasteiger partial charge is 0.0419 e. The van der Waals surface area contributed by atoms with E-state index in [1.807, 2.05) is 0 Å². The predicted octanol–water partition coefficient (Wildman–Crippen LogP) is 13.3. The molecule has 0 aromatic heterocycles. The monoisotopic (exact) mass is 548 g/mol. The molecule has 0 fully saturated rings. The number of benzene rings is 2. The third-order valence-corrected chi connectivity index (χ3v) is 8.63. The normalized spacial score (nSPS) is 11.3. The van der Waals surface area contributed by atoms with Gasteiger partial charge in [0.2, 0.25) is 0 Å². The van der Waals surface area contributed by atoms with E-state index in [1.54, 1.807) is 0 Å². The van der Waals surface area contributed by atoms with E-state index >= 15 is 0 Å². The average Bonchev–Trinajstić information content (AvgIpc) is 2.97. The van der Waals surface area contributed by atoms with Crippen molar-refractivity contribution in [2.75, 3.05) is 5.32 Å². The van der Waals surface area contributed by atoms with E-state index in [4.69, 9.17) is 0 Å². The molecule has 0 bridgehead atoms. The second-order valence-corrected chi connectivity index (χ2v) is 12.4. The van der Waals surface area contributed by atoms with Crippen molar-refractivity contribution in [2.45, 2.75) is 175 Å². The molecule has 0 aliphatic rings. The lowest BCUT2D eigenvalue weighted by Crippen LogP contribution is -2.01. The number of unbranched alkanes of at least 4 members (excludes halogenated alkanes) is 18. The van der Waals surface area contributed by atoms with E-state index in [0.29, 0.717) is 0 Å². The number of para-hydroxylation sites is 1. The van der Waals surface area contributed by atoms with Gasteiger partial charge in [0, 0.05) is 11.4 Å². The molecule has 2 rings (SSSR count).